The van der Waals surface area contributed by atoms with E-state index in [-0.39, 0.29) is 5.97 Å². The van der Waals surface area contributed by atoms with Crippen molar-refractivity contribution in [3.63, 3.8) is 0 Å². The standard InChI is InChI=1S/C14H32O4Si3.C10H20O5Si/c1-12(2)13(15)16-11-9-10-14(19,17-20(3,4)5)18-21(6,7)8;1-7-9(15-10(11)8(2)3)16(12-4,13-5)14-6/h1,9-11H2,2-8,19H3;9H,2,7H2,1,3-6H3. The third-order valence-corrected chi connectivity index (χ3v) is 11.5. The maximum Gasteiger partial charge on any atom is 0.543 e. The summed E-state index contributed by atoms with van der Waals surface area (Å²) in [5, 5.41) is 0. The van der Waals surface area contributed by atoms with Crippen molar-refractivity contribution in [2.24, 2.45) is 0 Å². The zero-order valence-corrected chi connectivity index (χ0v) is 30.5. The first-order valence-electron chi connectivity index (χ1n) is 12.5. The van der Waals surface area contributed by atoms with Crippen molar-refractivity contribution in [1.82, 2.24) is 0 Å². The fraction of sp³-hybridized carbons (Fsp3) is 0.750. The minimum atomic E-state index is -2.94. The summed E-state index contributed by atoms with van der Waals surface area (Å²) in [6.45, 7) is 25.6. The van der Waals surface area contributed by atoms with Gasteiger partial charge in [-0.2, -0.15) is 0 Å². The maximum atomic E-state index is 11.4. The Morgan fingerprint density at radius 2 is 1.24 bits per heavy atom. The second-order valence-electron chi connectivity index (χ2n) is 10.9. The van der Waals surface area contributed by atoms with Gasteiger partial charge in [-0.05, 0) is 72.4 Å². The molecule has 1 atom stereocenters. The smallest absolute Gasteiger partial charge is 0.462 e. The van der Waals surface area contributed by atoms with E-state index in [9.17, 15) is 9.59 Å². The highest BCUT2D eigenvalue weighted by molar-refractivity contribution is 6.71. The number of rotatable bonds is 16. The van der Waals surface area contributed by atoms with Crippen LogP contribution in [-0.4, -0.2) is 86.7 Å². The monoisotopic (exact) mass is 596 g/mol. The molecule has 0 spiro atoms. The Morgan fingerprint density at radius 1 is 0.838 bits per heavy atom. The summed E-state index contributed by atoms with van der Waals surface area (Å²) in [6.07, 6.45) is 2.08. The second kappa shape index (κ2) is 16.9. The lowest BCUT2D eigenvalue weighted by molar-refractivity contribution is -0.144. The van der Waals surface area contributed by atoms with E-state index in [1.807, 2.05) is 6.92 Å². The van der Waals surface area contributed by atoms with Gasteiger partial charge in [-0.3, -0.25) is 0 Å². The molecule has 9 nitrogen and oxygen atoms in total. The van der Waals surface area contributed by atoms with E-state index < -0.39 is 42.5 Å². The number of carbonyl (C=O) groups excluding carboxylic acids is 2. The number of hydrogen-bond donors (Lipinski definition) is 0. The van der Waals surface area contributed by atoms with Gasteiger partial charge in [0.15, 0.2) is 22.4 Å². The molecule has 13 heteroatoms. The molecule has 0 rings (SSSR count). The number of carbonyl (C=O) groups is 2. The molecule has 0 saturated heterocycles. The molecule has 0 N–H and O–H groups in total. The topological polar surface area (TPSA) is 98.8 Å². The maximum absolute atomic E-state index is 11.4. The Hall–Kier alpha value is -0.912. The molecule has 0 aromatic heterocycles. The molecule has 0 aliphatic heterocycles. The zero-order chi connectivity index (χ0) is 29.7. The largest absolute Gasteiger partial charge is 0.543 e. The summed E-state index contributed by atoms with van der Waals surface area (Å²) in [6, 6.07) is 0. The van der Waals surface area contributed by atoms with E-state index in [4.69, 9.17) is 31.6 Å². The van der Waals surface area contributed by atoms with E-state index in [1.54, 1.807) is 13.8 Å². The number of ether oxygens (including phenoxy) is 2. The van der Waals surface area contributed by atoms with Gasteiger partial charge in [0.1, 0.15) is 5.41 Å². The van der Waals surface area contributed by atoms with Crippen LogP contribution < -0.4 is 0 Å². The van der Waals surface area contributed by atoms with E-state index in [0.29, 0.717) is 24.2 Å². The van der Waals surface area contributed by atoms with Crippen molar-refractivity contribution in [3.05, 3.63) is 24.3 Å². The third kappa shape index (κ3) is 16.6. The molecular weight excluding hydrogens is 545 g/mol. The van der Waals surface area contributed by atoms with Crippen LogP contribution in [0.15, 0.2) is 24.3 Å². The molecule has 0 heterocycles. The summed E-state index contributed by atoms with van der Waals surface area (Å²) in [7, 11) is -1.05. The van der Waals surface area contributed by atoms with Gasteiger partial charge >= 0.3 is 20.7 Å². The van der Waals surface area contributed by atoms with Crippen molar-refractivity contribution in [2.75, 3.05) is 27.9 Å². The van der Waals surface area contributed by atoms with E-state index >= 15 is 0 Å². The van der Waals surface area contributed by atoms with Gasteiger partial charge in [0.25, 0.3) is 0 Å². The van der Waals surface area contributed by atoms with Crippen molar-refractivity contribution < 1.29 is 41.2 Å². The van der Waals surface area contributed by atoms with Crippen molar-refractivity contribution in [3.8, 4) is 0 Å². The summed E-state index contributed by atoms with van der Waals surface area (Å²) < 4.78 is 38.8. The second-order valence-corrected chi connectivity index (χ2v) is 24.3. The van der Waals surface area contributed by atoms with E-state index in [1.165, 1.54) is 21.3 Å². The van der Waals surface area contributed by atoms with Crippen LogP contribution in [-0.2, 0) is 41.2 Å². The van der Waals surface area contributed by atoms with Gasteiger partial charge in [0.2, 0.25) is 0 Å². The SMILES string of the molecule is C=C(C)C(=O)OC(CC)[Si](OC)(OC)OC.C=C(C)C(=O)OCCCC([SiH3])(O[Si](C)(C)C)O[Si](C)(C)C. The van der Waals surface area contributed by atoms with Crippen LogP contribution >= 0.6 is 0 Å². The number of esters is 2. The Bertz CT molecular complexity index is 717. The Balaban J connectivity index is 0. The molecule has 1 unspecified atom stereocenters. The summed E-state index contributed by atoms with van der Waals surface area (Å²) >= 11 is 0. The Labute approximate surface area is 231 Å². The molecule has 0 aromatic rings. The zero-order valence-electron chi connectivity index (χ0n) is 25.5. The average Bonchev–Trinajstić information content (AvgIpc) is 2.74. The molecule has 0 radical (unpaired) electrons. The molecule has 37 heavy (non-hydrogen) atoms. The average molecular weight is 597 g/mol. The van der Waals surface area contributed by atoms with Crippen molar-refractivity contribution >= 4 is 47.6 Å². The predicted octanol–water partition coefficient (Wildman–Crippen LogP) is 3.91. The minimum Gasteiger partial charge on any atom is -0.462 e. The fourth-order valence-corrected chi connectivity index (χ4v) is 12.4. The molecule has 0 amide bonds. The molecule has 0 aromatic carbocycles. The molecular formula is C24H52O9Si4. The first kappa shape index (κ1) is 38.2. The Kier molecular flexibility index (Phi) is 17.5. The van der Waals surface area contributed by atoms with Crippen LogP contribution in [0.5, 0.6) is 0 Å². The highest BCUT2D eigenvalue weighted by Gasteiger charge is 2.49. The highest BCUT2D eigenvalue weighted by Crippen LogP contribution is 2.26. The quantitative estimate of drug-likeness (QED) is 0.0863. The van der Waals surface area contributed by atoms with Crippen LogP contribution in [0.2, 0.25) is 39.3 Å². The Morgan fingerprint density at radius 3 is 1.54 bits per heavy atom. The molecule has 0 fully saturated rings. The van der Waals surface area contributed by atoms with Crippen molar-refractivity contribution in [2.45, 2.75) is 90.5 Å². The van der Waals surface area contributed by atoms with Crippen LogP contribution in [0.3, 0.4) is 0 Å². The van der Waals surface area contributed by atoms with Gasteiger partial charge in [0.05, 0.1) is 16.8 Å². The van der Waals surface area contributed by atoms with Crippen LogP contribution in [0, 0.1) is 0 Å². The first-order valence-corrected chi connectivity index (χ1v) is 22.1. The lowest BCUT2D eigenvalue weighted by Gasteiger charge is -2.41. The summed E-state index contributed by atoms with van der Waals surface area (Å²) in [4.78, 5) is 22.8. The van der Waals surface area contributed by atoms with Gasteiger partial charge in [0, 0.05) is 32.5 Å². The molecule has 0 aliphatic carbocycles. The van der Waals surface area contributed by atoms with Crippen LogP contribution in [0.4, 0.5) is 0 Å². The molecule has 0 saturated carbocycles. The third-order valence-electron chi connectivity index (χ3n) is 4.62. The van der Waals surface area contributed by atoms with Gasteiger partial charge < -0.3 is 31.6 Å². The van der Waals surface area contributed by atoms with Gasteiger partial charge in [-0.1, -0.05) is 20.1 Å². The normalized spacial score (nSPS) is 13.3. The van der Waals surface area contributed by atoms with Gasteiger partial charge in [-0.15, -0.1) is 0 Å². The summed E-state index contributed by atoms with van der Waals surface area (Å²) in [5.41, 5.74) is -0.199. The number of hydrogen-bond acceptors (Lipinski definition) is 9. The molecule has 218 valence electrons. The van der Waals surface area contributed by atoms with E-state index in [2.05, 4.69) is 52.4 Å². The lowest BCUT2D eigenvalue weighted by atomic mass is 10.3. The van der Waals surface area contributed by atoms with Crippen molar-refractivity contribution in [1.29, 1.82) is 0 Å². The molecule has 0 aliphatic rings. The summed E-state index contributed by atoms with van der Waals surface area (Å²) in [5.74, 6) is -0.791. The fourth-order valence-electron chi connectivity index (χ4n) is 3.38. The van der Waals surface area contributed by atoms with Crippen LogP contribution in [0.25, 0.3) is 0 Å². The first-order chi connectivity index (χ1) is 16.7. The predicted molar refractivity (Wildman–Crippen MR) is 158 cm³/mol. The van der Waals surface area contributed by atoms with Crippen LogP contribution in [0.1, 0.15) is 40.0 Å². The van der Waals surface area contributed by atoms with E-state index in [0.717, 1.165) is 23.1 Å². The minimum absolute atomic E-state index is 0.328. The lowest BCUT2D eigenvalue weighted by Crippen LogP contribution is -2.56. The van der Waals surface area contributed by atoms with Gasteiger partial charge in [-0.25, -0.2) is 9.59 Å². The molecule has 0 bridgehead atoms. The highest BCUT2D eigenvalue weighted by atomic mass is 28.4.